The Labute approximate surface area is 145 Å². The largest absolute Gasteiger partial charge is 0.356 e. The Bertz CT molecular complexity index is 461. The predicted molar refractivity (Wildman–Crippen MR) is 100 cm³/mol. The standard InChI is InChI=1S/C16H26N4.HI/c1-13-6-4-5-7-15(13)11-19-16(17-2)18-10-14-8-9-20(3)12-14;/h4-7,14H,8-12H2,1-3H3,(H2,17,18,19);1H. The van der Waals surface area contributed by atoms with Crippen LogP contribution in [0, 0.1) is 12.8 Å². The van der Waals surface area contributed by atoms with E-state index in [0.717, 1.165) is 25.0 Å². The molecule has 0 bridgehead atoms. The lowest BCUT2D eigenvalue weighted by Gasteiger charge is -2.16. The fraction of sp³-hybridized carbons (Fsp3) is 0.562. The van der Waals surface area contributed by atoms with Gasteiger partial charge in [-0.15, -0.1) is 24.0 Å². The average Bonchev–Trinajstić information content (AvgIpc) is 2.86. The van der Waals surface area contributed by atoms with E-state index in [1.165, 1.54) is 30.6 Å². The molecule has 5 heteroatoms. The number of hydrogen-bond donors (Lipinski definition) is 2. The Kier molecular flexibility index (Phi) is 8.03. The molecule has 1 aromatic rings. The van der Waals surface area contributed by atoms with E-state index in [4.69, 9.17) is 0 Å². The van der Waals surface area contributed by atoms with Crippen LogP contribution in [0.25, 0.3) is 0 Å². The maximum absolute atomic E-state index is 4.29. The van der Waals surface area contributed by atoms with Crippen LogP contribution in [0.1, 0.15) is 17.5 Å². The molecule has 2 N–H and O–H groups in total. The van der Waals surface area contributed by atoms with E-state index >= 15 is 0 Å². The molecular formula is C16H27IN4. The Balaban J connectivity index is 0.00000220. The summed E-state index contributed by atoms with van der Waals surface area (Å²) in [5.74, 6) is 1.62. The molecule has 0 aliphatic carbocycles. The topological polar surface area (TPSA) is 39.7 Å². The quantitative estimate of drug-likeness (QED) is 0.461. The van der Waals surface area contributed by atoms with Crippen LogP contribution in [0.2, 0.25) is 0 Å². The van der Waals surface area contributed by atoms with E-state index in [2.05, 4.69) is 58.8 Å². The summed E-state index contributed by atoms with van der Waals surface area (Å²) in [6.45, 7) is 6.35. The number of nitrogens with zero attached hydrogens (tertiary/aromatic N) is 2. The zero-order chi connectivity index (χ0) is 14.4. The van der Waals surface area contributed by atoms with Gasteiger partial charge in [0.05, 0.1) is 0 Å². The highest BCUT2D eigenvalue weighted by Gasteiger charge is 2.19. The highest BCUT2D eigenvalue weighted by molar-refractivity contribution is 14.0. The molecular weight excluding hydrogens is 375 g/mol. The van der Waals surface area contributed by atoms with Crippen LogP contribution in [0.5, 0.6) is 0 Å². The molecule has 0 spiro atoms. The summed E-state index contributed by atoms with van der Waals surface area (Å²) in [7, 11) is 4.01. The molecule has 1 saturated heterocycles. The number of hydrogen-bond acceptors (Lipinski definition) is 2. The van der Waals surface area contributed by atoms with Gasteiger partial charge in [0.15, 0.2) is 5.96 Å². The number of rotatable bonds is 4. The molecule has 1 heterocycles. The molecule has 0 amide bonds. The molecule has 0 saturated carbocycles. The van der Waals surface area contributed by atoms with Crippen molar-refractivity contribution in [1.82, 2.24) is 15.5 Å². The number of benzene rings is 1. The SMILES string of the molecule is CN=C(NCc1ccccc1C)NCC1CCN(C)C1.I. The van der Waals surface area contributed by atoms with Crippen molar-refractivity contribution in [3.05, 3.63) is 35.4 Å². The summed E-state index contributed by atoms with van der Waals surface area (Å²) in [5, 5.41) is 6.82. The van der Waals surface area contributed by atoms with Gasteiger partial charge in [-0.25, -0.2) is 0 Å². The van der Waals surface area contributed by atoms with E-state index in [1.807, 2.05) is 7.05 Å². The van der Waals surface area contributed by atoms with Crippen LogP contribution in [0.3, 0.4) is 0 Å². The van der Waals surface area contributed by atoms with E-state index < -0.39 is 0 Å². The minimum Gasteiger partial charge on any atom is -0.356 e. The van der Waals surface area contributed by atoms with Crippen molar-refractivity contribution in [2.45, 2.75) is 19.9 Å². The second kappa shape index (κ2) is 9.25. The second-order valence-electron chi connectivity index (χ2n) is 5.65. The first kappa shape index (κ1) is 18.2. The van der Waals surface area contributed by atoms with Gasteiger partial charge in [-0.05, 0) is 44.0 Å². The number of halogens is 1. The van der Waals surface area contributed by atoms with E-state index in [1.54, 1.807) is 0 Å². The molecule has 118 valence electrons. The molecule has 0 aromatic heterocycles. The Morgan fingerprint density at radius 3 is 2.71 bits per heavy atom. The molecule has 1 atom stereocenters. The zero-order valence-electron chi connectivity index (χ0n) is 13.2. The lowest BCUT2D eigenvalue weighted by molar-refractivity contribution is 0.394. The summed E-state index contributed by atoms with van der Waals surface area (Å²) < 4.78 is 0. The van der Waals surface area contributed by atoms with E-state index in [0.29, 0.717) is 0 Å². The highest BCUT2D eigenvalue weighted by atomic mass is 127. The highest BCUT2D eigenvalue weighted by Crippen LogP contribution is 2.12. The smallest absolute Gasteiger partial charge is 0.191 e. The van der Waals surface area contributed by atoms with Gasteiger partial charge in [0, 0.05) is 26.7 Å². The fourth-order valence-corrected chi connectivity index (χ4v) is 2.64. The number of aliphatic imine (C=N–C) groups is 1. The maximum Gasteiger partial charge on any atom is 0.191 e. The molecule has 4 nitrogen and oxygen atoms in total. The monoisotopic (exact) mass is 402 g/mol. The molecule has 1 aliphatic heterocycles. The summed E-state index contributed by atoms with van der Waals surface area (Å²) in [5.41, 5.74) is 2.63. The Hall–Kier alpha value is -0.820. The molecule has 1 fully saturated rings. The van der Waals surface area contributed by atoms with Gasteiger partial charge >= 0.3 is 0 Å². The van der Waals surface area contributed by atoms with Crippen molar-refractivity contribution in [3.63, 3.8) is 0 Å². The lowest BCUT2D eigenvalue weighted by Crippen LogP contribution is -2.39. The van der Waals surface area contributed by atoms with Gasteiger partial charge in [-0.3, -0.25) is 4.99 Å². The normalized spacial score (nSPS) is 19.2. The van der Waals surface area contributed by atoms with Crippen molar-refractivity contribution >= 4 is 29.9 Å². The third-order valence-corrected chi connectivity index (χ3v) is 3.98. The van der Waals surface area contributed by atoms with Crippen molar-refractivity contribution in [2.24, 2.45) is 10.9 Å². The first-order valence-corrected chi connectivity index (χ1v) is 7.36. The van der Waals surface area contributed by atoms with Gasteiger partial charge in [-0.1, -0.05) is 24.3 Å². The maximum atomic E-state index is 4.29. The van der Waals surface area contributed by atoms with Gasteiger partial charge < -0.3 is 15.5 Å². The summed E-state index contributed by atoms with van der Waals surface area (Å²) in [4.78, 5) is 6.68. The zero-order valence-corrected chi connectivity index (χ0v) is 15.6. The van der Waals surface area contributed by atoms with Crippen LogP contribution >= 0.6 is 24.0 Å². The second-order valence-corrected chi connectivity index (χ2v) is 5.65. The van der Waals surface area contributed by atoms with Crippen molar-refractivity contribution in [3.8, 4) is 0 Å². The molecule has 2 rings (SSSR count). The first-order valence-electron chi connectivity index (χ1n) is 7.36. The van der Waals surface area contributed by atoms with E-state index in [-0.39, 0.29) is 24.0 Å². The minimum atomic E-state index is 0. The van der Waals surface area contributed by atoms with Crippen LogP contribution in [-0.4, -0.2) is 44.6 Å². The minimum absolute atomic E-state index is 0. The summed E-state index contributed by atoms with van der Waals surface area (Å²) in [6, 6.07) is 8.44. The number of guanidine groups is 1. The van der Waals surface area contributed by atoms with Crippen molar-refractivity contribution in [2.75, 3.05) is 33.7 Å². The summed E-state index contributed by atoms with van der Waals surface area (Å²) in [6.07, 6.45) is 1.28. The van der Waals surface area contributed by atoms with Crippen LogP contribution in [-0.2, 0) is 6.54 Å². The van der Waals surface area contributed by atoms with Gasteiger partial charge in [-0.2, -0.15) is 0 Å². The molecule has 1 unspecified atom stereocenters. The molecule has 1 aromatic carbocycles. The first-order chi connectivity index (χ1) is 9.69. The Morgan fingerprint density at radius 2 is 2.10 bits per heavy atom. The average molecular weight is 402 g/mol. The number of likely N-dealkylation sites (tertiary alicyclic amines) is 1. The van der Waals surface area contributed by atoms with Crippen molar-refractivity contribution < 1.29 is 0 Å². The van der Waals surface area contributed by atoms with Crippen LogP contribution < -0.4 is 10.6 Å². The summed E-state index contributed by atoms with van der Waals surface area (Å²) >= 11 is 0. The van der Waals surface area contributed by atoms with Gasteiger partial charge in [0.25, 0.3) is 0 Å². The van der Waals surface area contributed by atoms with Gasteiger partial charge in [0.2, 0.25) is 0 Å². The lowest BCUT2D eigenvalue weighted by atomic mass is 10.1. The van der Waals surface area contributed by atoms with Crippen molar-refractivity contribution in [1.29, 1.82) is 0 Å². The molecule has 1 aliphatic rings. The predicted octanol–water partition coefficient (Wildman–Crippen LogP) is 2.23. The molecule has 21 heavy (non-hydrogen) atoms. The van der Waals surface area contributed by atoms with E-state index in [9.17, 15) is 0 Å². The third-order valence-electron chi connectivity index (χ3n) is 3.98. The molecule has 0 radical (unpaired) electrons. The third kappa shape index (κ3) is 5.82. The fourth-order valence-electron chi connectivity index (χ4n) is 2.64. The van der Waals surface area contributed by atoms with Crippen LogP contribution in [0.15, 0.2) is 29.3 Å². The van der Waals surface area contributed by atoms with Crippen LogP contribution in [0.4, 0.5) is 0 Å². The Morgan fingerprint density at radius 1 is 1.33 bits per heavy atom. The number of nitrogens with one attached hydrogen (secondary N) is 2. The van der Waals surface area contributed by atoms with Gasteiger partial charge in [0.1, 0.15) is 0 Å². The number of aryl methyl sites for hydroxylation is 1.